The molecule has 3 aromatic heterocycles. The number of nitrogens with zero attached hydrogens (tertiary/aromatic N) is 5. The number of hydrogen-bond acceptors (Lipinski definition) is 6. The minimum Gasteiger partial charge on any atom is -0.353 e. The standard InChI is InChI=1S/C24H25N5S/c1-2-20-15-21-23(26-22(27-24(21)30-20)19-9-6-10-25-16-19)29-13-11-28(12-14-29)17-18-7-4-3-5-8-18/h3-10,15-16H,2,11-14,17H2,1H3. The van der Waals surface area contributed by atoms with E-state index in [9.17, 15) is 0 Å². The number of anilines is 1. The molecule has 5 rings (SSSR count). The van der Waals surface area contributed by atoms with Gasteiger partial charge < -0.3 is 4.90 Å². The molecule has 152 valence electrons. The zero-order valence-corrected chi connectivity index (χ0v) is 18.0. The number of pyridine rings is 1. The average molecular weight is 416 g/mol. The maximum Gasteiger partial charge on any atom is 0.164 e. The fourth-order valence-corrected chi connectivity index (χ4v) is 4.92. The zero-order chi connectivity index (χ0) is 20.3. The Morgan fingerprint density at radius 2 is 1.80 bits per heavy atom. The molecule has 0 spiro atoms. The van der Waals surface area contributed by atoms with Crippen LogP contribution in [0.1, 0.15) is 17.4 Å². The number of aromatic nitrogens is 3. The van der Waals surface area contributed by atoms with Gasteiger partial charge in [-0.2, -0.15) is 0 Å². The molecule has 0 aliphatic carbocycles. The fourth-order valence-electron chi connectivity index (χ4n) is 3.96. The Morgan fingerprint density at radius 1 is 0.967 bits per heavy atom. The summed E-state index contributed by atoms with van der Waals surface area (Å²) in [5.41, 5.74) is 2.34. The van der Waals surface area contributed by atoms with Gasteiger partial charge in [-0.15, -0.1) is 11.3 Å². The SMILES string of the molecule is CCc1cc2c(N3CCN(Cc4ccccc4)CC3)nc(-c3cccnc3)nc2s1. The highest BCUT2D eigenvalue weighted by molar-refractivity contribution is 7.18. The minimum absolute atomic E-state index is 0.766. The van der Waals surface area contributed by atoms with E-state index in [1.165, 1.54) is 15.8 Å². The van der Waals surface area contributed by atoms with Gasteiger partial charge in [0.25, 0.3) is 0 Å². The summed E-state index contributed by atoms with van der Waals surface area (Å²) in [4.78, 5) is 21.5. The van der Waals surface area contributed by atoms with Crippen molar-refractivity contribution in [3.63, 3.8) is 0 Å². The first-order valence-corrected chi connectivity index (χ1v) is 11.3. The Morgan fingerprint density at radius 3 is 2.53 bits per heavy atom. The lowest BCUT2D eigenvalue weighted by Gasteiger charge is -2.35. The molecule has 0 atom stereocenters. The lowest BCUT2D eigenvalue weighted by molar-refractivity contribution is 0.249. The van der Waals surface area contributed by atoms with E-state index in [2.05, 4.69) is 58.1 Å². The first-order valence-electron chi connectivity index (χ1n) is 10.5. The van der Waals surface area contributed by atoms with Crippen LogP contribution in [0.15, 0.2) is 60.9 Å². The van der Waals surface area contributed by atoms with Crippen LogP contribution >= 0.6 is 11.3 Å². The number of fused-ring (bicyclic) bond motifs is 1. The second kappa shape index (κ2) is 8.50. The van der Waals surface area contributed by atoms with E-state index in [4.69, 9.17) is 9.97 Å². The van der Waals surface area contributed by atoms with Crippen LogP contribution in [0.2, 0.25) is 0 Å². The van der Waals surface area contributed by atoms with Crippen LogP contribution in [0.25, 0.3) is 21.6 Å². The van der Waals surface area contributed by atoms with E-state index >= 15 is 0 Å². The monoisotopic (exact) mass is 415 g/mol. The number of aryl methyl sites for hydroxylation is 1. The van der Waals surface area contributed by atoms with Crippen molar-refractivity contribution in [3.05, 3.63) is 71.4 Å². The van der Waals surface area contributed by atoms with Crippen LogP contribution in [-0.2, 0) is 13.0 Å². The van der Waals surface area contributed by atoms with Gasteiger partial charge in [0.2, 0.25) is 0 Å². The van der Waals surface area contributed by atoms with Crippen molar-refractivity contribution in [3.8, 4) is 11.4 Å². The summed E-state index contributed by atoms with van der Waals surface area (Å²) >= 11 is 1.78. The van der Waals surface area contributed by atoms with Gasteiger partial charge in [-0.1, -0.05) is 37.3 Å². The number of hydrogen-bond donors (Lipinski definition) is 0. The number of piperazine rings is 1. The maximum absolute atomic E-state index is 5.01. The Labute approximate surface area is 181 Å². The molecule has 1 aliphatic heterocycles. The van der Waals surface area contributed by atoms with Gasteiger partial charge >= 0.3 is 0 Å². The van der Waals surface area contributed by atoms with Crippen molar-refractivity contribution in [2.45, 2.75) is 19.9 Å². The predicted octanol–water partition coefficient (Wildman–Crippen LogP) is 4.64. The Hall–Kier alpha value is -2.83. The van der Waals surface area contributed by atoms with Gasteiger partial charge in [0, 0.05) is 55.6 Å². The topological polar surface area (TPSA) is 45.2 Å². The van der Waals surface area contributed by atoms with Crippen molar-refractivity contribution in [2.75, 3.05) is 31.1 Å². The van der Waals surface area contributed by atoms with Crippen molar-refractivity contribution in [1.29, 1.82) is 0 Å². The Kier molecular flexibility index (Phi) is 5.43. The largest absolute Gasteiger partial charge is 0.353 e. The lowest BCUT2D eigenvalue weighted by Crippen LogP contribution is -2.46. The summed E-state index contributed by atoms with van der Waals surface area (Å²) in [6.07, 6.45) is 4.65. The normalized spacial score (nSPS) is 15.0. The minimum atomic E-state index is 0.766. The van der Waals surface area contributed by atoms with Gasteiger partial charge in [0.15, 0.2) is 5.82 Å². The third-order valence-corrected chi connectivity index (χ3v) is 6.79. The second-order valence-corrected chi connectivity index (χ2v) is 8.76. The number of benzene rings is 1. The van der Waals surface area contributed by atoms with Crippen LogP contribution in [-0.4, -0.2) is 46.0 Å². The highest BCUT2D eigenvalue weighted by Gasteiger charge is 2.22. The molecule has 0 bridgehead atoms. The average Bonchev–Trinajstić information content (AvgIpc) is 3.24. The van der Waals surface area contributed by atoms with E-state index in [-0.39, 0.29) is 0 Å². The molecule has 1 saturated heterocycles. The highest BCUT2D eigenvalue weighted by atomic mass is 32.1. The van der Waals surface area contributed by atoms with E-state index in [1.54, 1.807) is 17.5 Å². The van der Waals surface area contributed by atoms with Gasteiger partial charge in [-0.3, -0.25) is 9.88 Å². The molecule has 6 heteroatoms. The third-order valence-electron chi connectivity index (χ3n) is 5.61. The molecule has 4 heterocycles. The molecule has 0 unspecified atom stereocenters. The molecular weight excluding hydrogens is 390 g/mol. The van der Waals surface area contributed by atoms with Crippen molar-refractivity contribution in [1.82, 2.24) is 19.9 Å². The van der Waals surface area contributed by atoms with Crippen molar-refractivity contribution >= 4 is 27.4 Å². The summed E-state index contributed by atoms with van der Waals surface area (Å²) < 4.78 is 0. The first kappa shape index (κ1) is 19.2. The van der Waals surface area contributed by atoms with E-state index in [0.29, 0.717) is 0 Å². The lowest BCUT2D eigenvalue weighted by atomic mass is 10.2. The van der Waals surface area contributed by atoms with Crippen LogP contribution in [0.3, 0.4) is 0 Å². The second-order valence-electron chi connectivity index (χ2n) is 7.65. The molecule has 5 nitrogen and oxygen atoms in total. The van der Waals surface area contributed by atoms with Gasteiger partial charge in [-0.25, -0.2) is 9.97 Å². The molecule has 1 aromatic carbocycles. The molecule has 4 aromatic rings. The van der Waals surface area contributed by atoms with Crippen molar-refractivity contribution < 1.29 is 0 Å². The maximum atomic E-state index is 5.01. The van der Waals surface area contributed by atoms with E-state index < -0.39 is 0 Å². The number of thiophene rings is 1. The van der Waals surface area contributed by atoms with Crippen LogP contribution in [0.4, 0.5) is 5.82 Å². The molecule has 0 amide bonds. The zero-order valence-electron chi connectivity index (χ0n) is 17.2. The van der Waals surface area contributed by atoms with E-state index in [0.717, 1.165) is 61.2 Å². The first-order chi connectivity index (χ1) is 14.8. The molecule has 1 fully saturated rings. The van der Waals surface area contributed by atoms with Crippen LogP contribution in [0, 0.1) is 0 Å². The molecule has 0 N–H and O–H groups in total. The summed E-state index contributed by atoms with van der Waals surface area (Å²) in [7, 11) is 0. The van der Waals surface area contributed by atoms with Gasteiger partial charge in [-0.05, 0) is 30.2 Å². The molecular formula is C24H25N5S. The molecule has 0 radical (unpaired) electrons. The Balaban J connectivity index is 1.42. The highest BCUT2D eigenvalue weighted by Crippen LogP contribution is 2.34. The van der Waals surface area contributed by atoms with E-state index in [1.807, 2.05) is 18.3 Å². The summed E-state index contributed by atoms with van der Waals surface area (Å²) in [6, 6.07) is 17.0. The summed E-state index contributed by atoms with van der Waals surface area (Å²) in [5.74, 6) is 1.83. The smallest absolute Gasteiger partial charge is 0.164 e. The van der Waals surface area contributed by atoms with Gasteiger partial charge in [0.05, 0.1) is 5.39 Å². The predicted molar refractivity (Wildman–Crippen MR) is 124 cm³/mol. The number of rotatable bonds is 5. The molecule has 0 saturated carbocycles. The summed E-state index contributed by atoms with van der Waals surface area (Å²) in [6.45, 7) is 7.22. The molecule has 1 aliphatic rings. The van der Waals surface area contributed by atoms with Gasteiger partial charge in [0.1, 0.15) is 10.6 Å². The van der Waals surface area contributed by atoms with Crippen LogP contribution < -0.4 is 4.90 Å². The molecule has 30 heavy (non-hydrogen) atoms. The fraction of sp³-hybridized carbons (Fsp3) is 0.292. The third kappa shape index (κ3) is 3.93. The quantitative estimate of drug-likeness (QED) is 0.475. The summed E-state index contributed by atoms with van der Waals surface area (Å²) in [5, 5.41) is 1.18. The van der Waals surface area contributed by atoms with Crippen LogP contribution in [0.5, 0.6) is 0 Å². The Bertz CT molecular complexity index is 1120. The van der Waals surface area contributed by atoms with Crippen molar-refractivity contribution in [2.24, 2.45) is 0 Å².